The molecule has 0 saturated carbocycles. The molecule has 0 radical (unpaired) electrons. The molecule has 0 spiro atoms. The van der Waals surface area contributed by atoms with Gasteiger partial charge in [0.05, 0.1) is 0 Å². The van der Waals surface area contributed by atoms with Gasteiger partial charge in [0.2, 0.25) is 0 Å². The zero-order valence-electron chi connectivity index (χ0n) is 16.9. The van der Waals surface area contributed by atoms with Gasteiger partial charge in [0.1, 0.15) is 14.1 Å². The van der Waals surface area contributed by atoms with E-state index in [1.807, 2.05) is 0 Å². The van der Waals surface area contributed by atoms with Gasteiger partial charge in [-0.1, -0.05) is 29.8 Å². The lowest BCUT2D eigenvalue weighted by Gasteiger charge is -2.26. The highest BCUT2D eigenvalue weighted by Gasteiger charge is 2.23. The molecule has 0 saturated heterocycles. The van der Waals surface area contributed by atoms with E-state index < -0.39 is 0 Å². The summed E-state index contributed by atoms with van der Waals surface area (Å²) in [5, 5.41) is 0. The van der Waals surface area contributed by atoms with Crippen molar-refractivity contribution in [1.29, 1.82) is 0 Å². The second kappa shape index (κ2) is 6.70. The summed E-state index contributed by atoms with van der Waals surface area (Å²) in [7, 11) is 8.37. The van der Waals surface area contributed by atoms with Crippen LogP contribution in [0.15, 0.2) is 66.3 Å². The molecule has 27 heavy (non-hydrogen) atoms. The van der Waals surface area contributed by atoms with Crippen LogP contribution < -0.4 is 4.90 Å². The van der Waals surface area contributed by atoms with Gasteiger partial charge in [-0.25, -0.2) is 4.58 Å². The molecular formula is C25H27N2+. The van der Waals surface area contributed by atoms with E-state index in [0.29, 0.717) is 0 Å². The Labute approximate surface area is 162 Å². The maximum atomic E-state index is 2.34. The fraction of sp³-hybridized carbons (Fsp3) is 0.240. The summed E-state index contributed by atoms with van der Waals surface area (Å²) in [6.07, 6.45) is 9.91. The number of anilines is 1. The molecule has 136 valence electrons. The van der Waals surface area contributed by atoms with Gasteiger partial charge in [-0.3, -0.25) is 0 Å². The number of fused-ring (bicyclic) bond motifs is 2. The highest BCUT2D eigenvalue weighted by molar-refractivity contribution is 6.04. The summed E-state index contributed by atoms with van der Waals surface area (Å²) in [6.45, 7) is 2.18. The molecule has 2 nitrogen and oxygen atoms in total. The highest BCUT2D eigenvalue weighted by Crippen LogP contribution is 2.40. The molecule has 0 aromatic heterocycles. The topological polar surface area (TPSA) is 6.25 Å². The van der Waals surface area contributed by atoms with E-state index in [-0.39, 0.29) is 0 Å². The fourth-order valence-corrected chi connectivity index (χ4v) is 3.95. The van der Waals surface area contributed by atoms with Crippen molar-refractivity contribution in [3.63, 3.8) is 0 Å². The summed E-state index contributed by atoms with van der Waals surface area (Å²) in [6, 6.07) is 13.7. The van der Waals surface area contributed by atoms with Gasteiger partial charge >= 0.3 is 0 Å². The average molecular weight is 356 g/mol. The predicted molar refractivity (Wildman–Crippen MR) is 116 cm³/mol. The lowest BCUT2D eigenvalue weighted by atomic mass is 9.78. The largest absolute Gasteiger partial charge is 0.378 e. The van der Waals surface area contributed by atoms with Crippen molar-refractivity contribution in [2.75, 3.05) is 33.1 Å². The molecule has 0 amide bonds. The Morgan fingerprint density at radius 1 is 0.815 bits per heavy atom. The van der Waals surface area contributed by atoms with Crippen molar-refractivity contribution in [3.05, 3.63) is 94.1 Å². The Kier molecular flexibility index (Phi) is 4.35. The lowest BCUT2D eigenvalue weighted by Crippen LogP contribution is -2.13. The normalized spacial score (nSPS) is 14.9. The Balaban J connectivity index is 1.95. The van der Waals surface area contributed by atoms with Gasteiger partial charge in [-0.2, -0.15) is 0 Å². The van der Waals surface area contributed by atoms with Crippen LogP contribution in [0, 0.1) is 6.92 Å². The first kappa shape index (κ1) is 17.5. The summed E-state index contributed by atoms with van der Waals surface area (Å²) < 4.78 is 2.14. The smallest absolute Gasteiger partial charge is 0.199 e. The monoisotopic (exact) mass is 355 g/mol. The minimum absolute atomic E-state index is 0.993. The summed E-state index contributed by atoms with van der Waals surface area (Å²) in [5.74, 6) is 0. The molecule has 2 aliphatic rings. The quantitative estimate of drug-likeness (QED) is 0.578. The van der Waals surface area contributed by atoms with E-state index in [9.17, 15) is 0 Å². The van der Waals surface area contributed by atoms with E-state index in [2.05, 4.69) is 105 Å². The standard InChI is InChI=1S/C25H27N2/c1-17-6-12-23-19(14-17)15-20-16-22(27(4)5)11-13-24(20)25(23)18-7-9-21(10-8-18)26(2)3/h6-14,16H,15H2,1-5H3/q+1. The Hall–Kier alpha value is -2.87. The second-order valence-electron chi connectivity index (χ2n) is 7.89. The van der Waals surface area contributed by atoms with E-state index in [4.69, 9.17) is 0 Å². The van der Waals surface area contributed by atoms with Crippen LogP contribution in [0.4, 0.5) is 5.69 Å². The van der Waals surface area contributed by atoms with Crippen molar-refractivity contribution in [2.24, 2.45) is 0 Å². The molecule has 2 aromatic rings. The van der Waals surface area contributed by atoms with Gasteiger partial charge in [-0.15, -0.1) is 0 Å². The van der Waals surface area contributed by atoms with Gasteiger partial charge in [0.15, 0.2) is 5.71 Å². The van der Waals surface area contributed by atoms with Crippen LogP contribution in [0.3, 0.4) is 0 Å². The van der Waals surface area contributed by atoms with Crippen molar-refractivity contribution < 1.29 is 4.58 Å². The lowest BCUT2D eigenvalue weighted by molar-refractivity contribution is -0.462. The third kappa shape index (κ3) is 3.16. The fourth-order valence-electron chi connectivity index (χ4n) is 3.95. The van der Waals surface area contributed by atoms with E-state index in [0.717, 1.165) is 6.42 Å². The van der Waals surface area contributed by atoms with Gasteiger partial charge in [-0.05, 0) is 71.0 Å². The van der Waals surface area contributed by atoms with Gasteiger partial charge < -0.3 is 4.90 Å². The van der Waals surface area contributed by atoms with Crippen LogP contribution in [0.25, 0.3) is 5.57 Å². The van der Waals surface area contributed by atoms with Gasteiger partial charge in [0.25, 0.3) is 0 Å². The van der Waals surface area contributed by atoms with Crippen molar-refractivity contribution in [3.8, 4) is 0 Å². The minimum atomic E-state index is 0.993. The first-order valence-electron chi connectivity index (χ1n) is 9.49. The number of benzene rings is 2. The zero-order chi connectivity index (χ0) is 19.1. The first-order valence-corrected chi connectivity index (χ1v) is 9.49. The SMILES string of the molecule is Cc1ccc2c(c1)Cc1cc(N(C)C)ccc1C2=C1C=CC(=[N+](C)C)C=C1. The maximum absolute atomic E-state index is 2.34. The van der Waals surface area contributed by atoms with Gasteiger partial charge in [0, 0.05) is 31.9 Å². The second-order valence-corrected chi connectivity index (χ2v) is 7.89. The number of hydrogen-bond acceptors (Lipinski definition) is 1. The molecule has 4 rings (SSSR count). The van der Waals surface area contributed by atoms with Crippen LogP contribution in [0.5, 0.6) is 0 Å². The van der Waals surface area contributed by atoms with Crippen molar-refractivity contribution >= 4 is 17.0 Å². The molecular weight excluding hydrogens is 328 g/mol. The van der Waals surface area contributed by atoms with E-state index >= 15 is 0 Å². The van der Waals surface area contributed by atoms with E-state index in [1.165, 1.54) is 50.4 Å². The van der Waals surface area contributed by atoms with Crippen LogP contribution in [-0.4, -0.2) is 38.5 Å². The van der Waals surface area contributed by atoms with Crippen LogP contribution in [0.2, 0.25) is 0 Å². The molecule has 2 heteroatoms. The number of aryl methyl sites for hydroxylation is 1. The van der Waals surface area contributed by atoms with E-state index in [1.54, 1.807) is 0 Å². The molecule has 2 aliphatic carbocycles. The summed E-state index contributed by atoms with van der Waals surface area (Å²) in [4.78, 5) is 2.18. The summed E-state index contributed by atoms with van der Waals surface area (Å²) in [5.41, 5.74) is 12.0. The molecule has 0 fully saturated rings. The Morgan fingerprint density at radius 3 is 2.07 bits per heavy atom. The number of nitrogens with zero attached hydrogens (tertiary/aromatic N) is 2. The molecule has 0 bridgehead atoms. The molecule has 0 heterocycles. The molecule has 0 atom stereocenters. The van der Waals surface area contributed by atoms with Crippen molar-refractivity contribution in [1.82, 2.24) is 0 Å². The number of rotatable bonds is 1. The average Bonchev–Trinajstić information content (AvgIpc) is 2.65. The minimum Gasteiger partial charge on any atom is -0.378 e. The number of hydrogen-bond donors (Lipinski definition) is 0. The number of allylic oxidation sites excluding steroid dienone is 5. The molecule has 0 aliphatic heterocycles. The zero-order valence-corrected chi connectivity index (χ0v) is 16.9. The van der Waals surface area contributed by atoms with Crippen molar-refractivity contribution in [2.45, 2.75) is 13.3 Å². The van der Waals surface area contributed by atoms with Crippen LogP contribution in [0.1, 0.15) is 27.8 Å². The van der Waals surface area contributed by atoms with Crippen LogP contribution >= 0.6 is 0 Å². The Bertz CT molecular complexity index is 1020. The predicted octanol–water partition coefficient (Wildman–Crippen LogP) is 4.61. The maximum Gasteiger partial charge on any atom is 0.199 e. The van der Waals surface area contributed by atoms with Crippen LogP contribution in [-0.2, 0) is 6.42 Å². The Morgan fingerprint density at radius 2 is 1.44 bits per heavy atom. The third-order valence-corrected chi connectivity index (χ3v) is 5.46. The molecule has 0 N–H and O–H groups in total. The molecule has 0 unspecified atom stereocenters. The first-order chi connectivity index (χ1) is 12.9. The molecule has 2 aromatic carbocycles. The summed E-state index contributed by atoms with van der Waals surface area (Å²) >= 11 is 0. The highest BCUT2D eigenvalue weighted by atomic mass is 15.1. The third-order valence-electron chi connectivity index (χ3n) is 5.46.